The second-order valence-corrected chi connectivity index (χ2v) is 10.3. The van der Waals surface area contributed by atoms with E-state index in [9.17, 15) is 43.6 Å². The molecule has 0 aromatic carbocycles. The SMILES string of the molecule is [B]C([B])(O)C1O[C@@H](n2cc(F)c(N[C@]3(C#CCF)C(O)C(C([B])([B])O)O[C@H]3n3cnc(=O)[nH]c3=O)nc2=O)[C@@](N)(C#CCF)C1O. The number of hydrogen-bond acceptors (Lipinski definition) is 13. The molecule has 2 aromatic heterocycles. The van der Waals surface area contributed by atoms with Crippen molar-refractivity contribution in [2.45, 2.75) is 58.7 Å². The minimum atomic E-state index is -2.89. The Kier molecular flexibility index (Phi) is 9.46. The highest BCUT2D eigenvalue weighted by Crippen LogP contribution is 2.43. The monoisotopic (exact) mass is 639 g/mol. The minimum Gasteiger partial charge on any atom is -0.406 e. The Labute approximate surface area is 261 Å². The van der Waals surface area contributed by atoms with E-state index in [1.165, 1.54) is 0 Å². The van der Waals surface area contributed by atoms with E-state index < -0.39 is 101 Å². The molecule has 4 unspecified atom stereocenters. The van der Waals surface area contributed by atoms with Gasteiger partial charge in [0.2, 0.25) is 0 Å². The van der Waals surface area contributed by atoms with Gasteiger partial charge in [0.1, 0.15) is 75.5 Å². The quantitative estimate of drug-likeness (QED) is 0.115. The van der Waals surface area contributed by atoms with Crippen LogP contribution in [0.25, 0.3) is 0 Å². The van der Waals surface area contributed by atoms with E-state index in [2.05, 4.69) is 27.1 Å². The van der Waals surface area contributed by atoms with Crippen molar-refractivity contribution in [1.82, 2.24) is 24.1 Å². The van der Waals surface area contributed by atoms with Gasteiger partial charge in [-0.1, -0.05) is 23.7 Å². The zero-order chi connectivity index (χ0) is 34.4. The number of nitrogens with two attached hydrogens (primary N) is 1. The van der Waals surface area contributed by atoms with Gasteiger partial charge < -0.3 is 41.0 Å². The fraction of sp³-hybridized carbons (Fsp3) is 0.522. The molecule has 0 aliphatic carbocycles. The first-order chi connectivity index (χ1) is 21.3. The van der Waals surface area contributed by atoms with Gasteiger partial charge in [0.15, 0.2) is 35.2 Å². The van der Waals surface area contributed by atoms with Crippen LogP contribution < -0.4 is 28.1 Å². The maximum absolute atomic E-state index is 15.8. The molecule has 2 fully saturated rings. The molecule has 4 rings (SSSR count). The molecule has 2 aliphatic heterocycles. The second kappa shape index (κ2) is 12.4. The van der Waals surface area contributed by atoms with Gasteiger partial charge >= 0.3 is 17.1 Å². The molecule has 46 heavy (non-hydrogen) atoms. The zero-order valence-corrected chi connectivity index (χ0v) is 23.2. The fourth-order valence-electron chi connectivity index (χ4n) is 4.96. The van der Waals surface area contributed by atoms with Crippen LogP contribution in [0.4, 0.5) is 19.0 Å². The number of alkyl halides is 2. The Balaban J connectivity index is 1.88. The summed E-state index contributed by atoms with van der Waals surface area (Å²) >= 11 is 0. The zero-order valence-electron chi connectivity index (χ0n) is 23.2. The van der Waals surface area contributed by atoms with Crippen molar-refractivity contribution in [2.24, 2.45) is 5.73 Å². The van der Waals surface area contributed by atoms with E-state index >= 15 is 4.39 Å². The molecule has 0 spiro atoms. The lowest BCUT2D eigenvalue weighted by Crippen LogP contribution is -2.58. The first-order valence-electron chi connectivity index (χ1n) is 12.7. The lowest BCUT2D eigenvalue weighted by Gasteiger charge is -2.34. The number of aliphatic hydroxyl groups is 4. The van der Waals surface area contributed by atoms with Crippen LogP contribution in [0.2, 0.25) is 0 Å². The summed E-state index contributed by atoms with van der Waals surface area (Å²) in [4.78, 5) is 46.1. The predicted molar refractivity (Wildman–Crippen MR) is 151 cm³/mol. The number of nitrogens with zero attached hydrogens (tertiary/aromatic N) is 4. The average Bonchev–Trinajstić information content (AvgIpc) is 3.39. The van der Waals surface area contributed by atoms with Crippen LogP contribution in [-0.4, -0.2) is 136 Å². The molecule has 4 heterocycles. The number of aromatic nitrogens is 5. The summed E-state index contributed by atoms with van der Waals surface area (Å²) in [6, 6.07) is 0. The standard InChI is InChI=1S/C23H20B4F3N7O9/c24-22(25,43)12-10(38)20(31,3-1-5-28)15(45-12)36-7-9(30)14(33-18(36)41)35-21(4-2-6-29)11(39)13(23(26,27)44)46-16(21)37-8-32-17(40)34-19(37)42/h7-8,10-13,15-16,38-39,43-44H,5-6,31H2,(H,33,35,41)(H,34,40,42)/t10?,11?,12?,13?,15-,16-,20-,21-/m1/s1. The largest absolute Gasteiger partial charge is 0.406 e. The van der Waals surface area contributed by atoms with Crippen molar-refractivity contribution >= 4 is 37.2 Å². The Bertz CT molecular complexity index is 1800. The molecule has 23 heteroatoms. The highest BCUT2D eigenvalue weighted by Gasteiger charge is 2.61. The summed E-state index contributed by atoms with van der Waals surface area (Å²) in [5.74, 6) is 5.66. The van der Waals surface area contributed by atoms with Crippen LogP contribution in [0.15, 0.2) is 26.9 Å². The summed E-state index contributed by atoms with van der Waals surface area (Å²) in [6.07, 6.45) is -11.4. The summed E-state index contributed by atoms with van der Waals surface area (Å²) in [6.45, 7) is -2.68. The molecule has 2 aromatic rings. The number of aliphatic hydroxyl groups excluding tert-OH is 2. The van der Waals surface area contributed by atoms with Gasteiger partial charge in [0.05, 0.1) is 6.20 Å². The molecule has 2 aliphatic rings. The number of halogens is 3. The number of nitrogens with one attached hydrogen (secondary N) is 2. The smallest absolute Gasteiger partial charge is 0.351 e. The minimum absolute atomic E-state index is 0.346. The molecule has 234 valence electrons. The number of rotatable bonds is 6. The molecular formula is C23H20B4F3N7O9. The molecular weight excluding hydrogens is 619 g/mol. The summed E-state index contributed by atoms with van der Waals surface area (Å²) in [5.41, 5.74) is -2.76. The molecule has 0 saturated carbocycles. The number of hydrogen-bond donors (Lipinski definition) is 7. The van der Waals surface area contributed by atoms with E-state index in [4.69, 9.17) is 46.6 Å². The third-order valence-corrected chi connectivity index (χ3v) is 7.01. The molecule has 8 atom stereocenters. The lowest BCUT2D eigenvalue weighted by atomic mass is 9.60. The number of aromatic amines is 1. The van der Waals surface area contributed by atoms with Crippen LogP contribution in [0.1, 0.15) is 12.5 Å². The Hall–Kier alpha value is -3.82. The highest BCUT2D eigenvalue weighted by atomic mass is 19.1. The van der Waals surface area contributed by atoms with Crippen molar-refractivity contribution in [3.8, 4) is 23.7 Å². The van der Waals surface area contributed by atoms with E-state index in [0.717, 1.165) is 0 Å². The molecule has 2 saturated heterocycles. The van der Waals surface area contributed by atoms with Gasteiger partial charge in [0, 0.05) is 10.8 Å². The summed E-state index contributed by atoms with van der Waals surface area (Å²) < 4.78 is 53.7. The summed E-state index contributed by atoms with van der Waals surface area (Å²) in [7, 11) is 21.9. The fourth-order valence-corrected chi connectivity index (χ4v) is 4.96. The van der Waals surface area contributed by atoms with Crippen molar-refractivity contribution in [2.75, 3.05) is 18.7 Å². The second-order valence-electron chi connectivity index (χ2n) is 10.3. The number of ether oxygens (including phenoxy) is 2. The van der Waals surface area contributed by atoms with Crippen LogP contribution >= 0.6 is 0 Å². The third-order valence-electron chi connectivity index (χ3n) is 7.01. The predicted octanol–water partition coefficient (Wildman–Crippen LogP) is -6.40. The van der Waals surface area contributed by atoms with Crippen LogP contribution in [0.3, 0.4) is 0 Å². The van der Waals surface area contributed by atoms with Crippen molar-refractivity contribution in [1.29, 1.82) is 0 Å². The van der Waals surface area contributed by atoms with Gasteiger partial charge in [-0.2, -0.15) is 9.97 Å². The molecule has 8 radical (unpaired) electrons. The van der Waals surface area contributed by atoms with E-state index in [-0.39, 0.29) is 0 Å². The highest BCUT2D eigenvalue weighted by molar-refractivity contribution is 6.39. The number of H-pyrrole nitrogens is 1. The van der Waals surface area contributed by atoms with Gasteiger partial charge in [-0.3, -0.25) is 14.1 Å². The Morgan fingerprint density at radius 2 is 1.57 bits per heavy atom. The Morgan fingerprint density at radius 3 is 2.13 bits per heavy atom. The van der Waals surface area contributed by atoms with E-state index in [0.29, 0.717) is 21.7 Å². The van der Waals surface area contributed by atoms with Crippen LogP contribution in [0, 0.1) is 29.5 Å². The van der Waals surface area contributed by atoms with Gasteiger partial charge in [-0.25, -0.2) is 27.6 Å². The average molecular weight is 639 g/mol. The van der Waals surface area contributed by atoms with Crippen LogP contribution in [0.5, 0.6) is 0 Å². The Morgan fingerprint density at radius 1 is 1.00 bits per heavy atom. The maximum atomic E-state index is 15.8. The topological polar surface area (TPSA) is 240 Å². The normalized spacial score (nSPS) is 31.0. The van der Waals surface area contributed by atoms with Crippen molar-refractivity contribution in [3.63, 3.8) is 0 Å². The van der Waals surface area contributed by atoms with Gasteiger partial charge in [-0.15, -0.1) is 0 Å². The van der Waals surface area contributed by atoms with Crippen molar-refractivity contribution < 1.29 is 43.1 Å². The van der Waals surface area contributed by atoms with Gasteiger partial charge in [0.25, 0.3) is 0 Å². The number of anilines is 1. The molecule has 8 N–H and O–H groups in total. The molecule has 16 nitrogen and oxygen atoms in total. The lowest BCUT2D eigenvalue weighted by molar-refractivity contribution is -0.0741. The van der Waals surface area contributed by atoms with Crippen LogP contribution in [-0.2, 0) is 9.47 Å². The van der Waals surface area contributed by atoms with E-state index in [1.54, 1.807) is 4.98 Å². The third kappa shape index (κ3) is 6.15. The van der Waals surface area contributed by atoms with Crippen molar-refractivity contribution in [3.05, 3.63) is 49.8 Å². The van der Waals surface area contributed by atoms with Gasteiger partial charge in [-0.05, 0) is 0 Å². The maximum Gasteiger partial charge on any atom is 0.351 e. The molecule has 0 bridgehead atoms. The first kappa shape index (κ1) is 35.0. The van der Waals surface area contributed by atoms with E-state index in [1.807, 2.05) is 11.8 Å². The molecule has 0 amide bonds. The first-order valence-corrected chi connectivity index (χ1v) is 12.7. The summed E-state index contributed by atoms with van der Waals surface area (Å²) in [5, 5.41) is 38.8.